The van der Waals surface area contributed by atoms with Gasteiger partial charge in [0.2, 0.25) is 5.91 Å². The van der Waals surface area contributed by atoms with Crippen LogP contribution in [0.4, 0.5) is 13.2 Å². The van der Waals surface area contributed by atoms with Crippen LogP contribution in [0.1, 0.15) is 31.2 Å². The Hall–Kier alpha value is -1.76. The first-order valence-electron chi connectivity index (χ1n) is 7.74. The van der Waals surface area contributed by atoms with E-state index < -0.39 is 6.36 Å². The largest absolute Gasteiger partial charge is 0.573 e. The summed E-state index contributed by atoms with van der Waals surface area (Å²) in [4.78, 5) is 14.1. The molecule has 2 rings (SSSR count). The van der Waals surface area contributed by atoms with Crippen LogP contribution in [0.15, 0.2) is 24.3 Å². The van der Waals surface area contributed by atoms with Crippen molar-refractivity contribution in [2.24, 2.45) is 5.73 Å². The van der Waals surface area contributed by atoms with Gasteiger partial charge in [0.15, 0.2) is 0 Å². The Morgan fingerprint density at radius 1 is 1.30 bits per heavy atom. The summed E-state index contributed by atoms with van der Waals surface area (Å²) >= 11 is 0. The molecule has 1 unspecified atom stereocenters. The van der Waals surface area contributed by atoms with E-state index in [4.69, 9.17) is 5.73 Å². The summed E-state index contributed by atoms with van der Waals surface area (Å²) in [7, 11) is 0. The smallest absolute Gasteiger partial charge is 0.406 e. The second-order valence-electron chi connectivity index (χ2n) is 5.63. The predicted molar refractivity (Wildman–Crippen MR) is 79.9 cm³/mol. The molecular weight excluding hydrogens is 309 g/mol. The second-order valence-corrected chi connectivity index (χ2v) is 5.63. The molecule has 1 aliphatic heterocycles. The van der Waals surface area contributed by atoms with E-state index in [0.717, 1.165) is 19.3 Å². The van der Waals surface area contributed by atoms with Gasteiger partial charge in [-0.05, 0) is 37.3 Å². The van der Waals surface area contributed by atoms with Gasteiger partial charge < -0.3 is 15.4 Å². The monoisotopic (exact) mass is 330 g/mol. The van der Waals surface area contributed by atoms with E-state index in [9.17, 15) is 18.0 Å². The maximum absolute atomic E-state index is 12.4. The molecule has 7 heteroatoms. The van der Waals surface area contributed by atoms with Gasteiger partial charge in [-0.2, -0.15) is 0 Å². The SMILES string of the molecule is NCC1CCCCN1C(=O)CCc1ccccc1OC(F)(F)F. The van der Waals surface area contributed by atoms with Gasteiger partial charge in [0.1, 0.15) is 5.75 Å². The summed E-state index contributed by atoms with van der Waals surface area (Å²) in [6.07, 6.45) is -1.51. The lowest BCUT2D eigenvalue weighted by Gasteiger charge is -2.35. The molecule has 2 N–H and O–H groups in total. The van der Waals surface area contributed by atoms with Gasteiger partial charge in [0.05, 0.1) is 0 Å². The number of para-hydroxylation sites is 1. The quantitative estimate of drug-likeness (QED) is 0.903. The van der Waals surface area contributed by atoms with E-state index in [2.05, 4.69) is 4.74 Å². The number of piperidine rings is 1. The first-order valence-corrected chi connectivity index (χ1v) is 7.74. The lowest BCUT2D eigenvalue weighted by molar-refractivity contribution is -0.274. The molecule has 1 aromatic rings. The van der Waals surface area contributed by atoms with Crippen molar-refractivity contribution in [3.8, 4) is 5.75 Å². The first-order chi connectivity index (χ1) is 10.9. The summed E-state index contributed by atoms with van der Waals surface area (Å²) in [5.74, 6) is -0.316. The Bertz CT molecular complexity index is 534. The molecule has 0 radical (unpaired) electrons. The molecule has 1 heterocycles. The van der Waals surface area contributed by atoms with Crippen molar-refractivity contribution in [2.45, 2.75) is 44.5 Å². The van der Waals surface area contributed by atoms with Gasteiger partial charge in [-0.25, -0.2) is 0 Å². The Labute approximate surface area is 133 Å². The van der Waals surface area contributed by atoms with Gasteiger partial charge in [-0.3, -0.25) is 4.79 Å². The highest BCUT2D eigenvalue weighted by molar-refractivity contribution is 5.77. The third-order valence-electron chi connectivity index (χ3n) is 4.03. The summed E-state index contributed by atoms with van der Waals surface area (Å²) in [6.45, 7) is 1.08. The fourth-order valence-electron chi connectivity index (χ4n) is 2.89. The molecule has 4 nitrogen and oxygen atoms in total. The zero-order valence-corrected chi connectivity index (χ0v) is 12.8. The van der Waals surface area contributed by atoms with Crippen molar-refractivity contribution in [2.75, 3.05) is 13.1 Å². The molecule has 0 spiro atoms. The maximum atomic E-state index is 12.4. The molecule has 1 fully saturated rings. The van der Waals surface area contributed by atoms with Gasteiger partial charge in [-0.15, -0.1) is 13.2 Å². The molecule has 1 aromatic carbocycles. The number of nitrogens with zero attached hydrogens (tertiary/aromatic N) is 1. The normalized spacial score (nSPS) is 18.8. The van der Waals surface area contributed by atoms with E-state index in [1.165, 1.54) is 12.1 Å². The molecule has 1 aliphatic rings. The summed E-state index contributed by atoms with van der Waals surface area (Å²) in [5.41, 5.74) is 6.07. The molecule has 1 saturated heterocycles. The highest BCUT2D eigenvalue weighted by Gasteiger charge is 2.32. The molecule has 23 heavy (non-hydrogen) atoms. The summed E-state index contributed by atoms with van der Waals surface area (Å²) < 4.78 is 41.2. The van der Waals surface area contributed by atoms with Crippen molar-refractivity contribution in [1.82, 2.24) is 4.90 Å². The highest BCUT2D eigenvalue weighted by atomic mass is 19.4. The third-order valence-corrected chi connectivity index (χ3v) is 4.03. The van der Waals surface area contributed by atoms with E-state index in [1.54, 1.807) is 17.0 Å². The minimum absolute atomic E-state index is 0.0397. The van der Waals surface area contributed by atoms with Crippen molar-refractivity contribution >= 4 is 5.91 Å². The number of hydrogen-bond donors (Lipinski definition) is 1. The number of likely N-dealkylation sites (tertiary alicyclic amines) is 1. The molecule has 0 aromatic heterocycles. The molecule has 1 amide bonds. The number of amides is 1. The maximum Gasteiger partial charge on any atom is 0.573 e. The van der Waals surface area contributed by atoms with Crippen LogP contribution in [0.2, 0.25) is 0 Å². The van der Waals surface area contributed by atoms with Crippen LogP contribution in [-0.4, -0.2) is 36.3 Å². The second kappa shape index (κ2) is 7.68. The minimum Gasteiger partial charge on any atom is -0.406 e. The average Bonchev–Trinajstić information content (AvgIpc) is 2.52. The fraction of sp³-hybridized carbons (Fsp3) is 0.562. The average molecular weight is 330 g/mol. The van der Waals surface area contributed by atoms with Gasteiger partial charge in [0, 0.05) is 25.6 Å². The topological polar surface area (TPSA) is 55.6 Å². The number of rotatable bonds is 5. The number of alkyl halides is 3. The highest BCUT2D eigenvalue weighted by Crippen LogP contribution is 2.27. The van der Waals surface area contributed by atoms with Crippen LogP contribution < -0.4 is 10.5 Å². The number of carbonyl (C=O) groups is 1. The zero-order chi connectivity index (χ0) is 16.9. The van der Waals surface area contributed by atoms with Crippen LogP contribution in [0.5, 0.6) is 5.75 Å². The number of carbonyl (C=O) groups excluding carboxylic acids is 1. The molecule has 0 saturated carbocycles. The number of ether oxygens (including phenoxy) is 1. The Balaban J connectivity index is 1.99. The zero-order valence-electron chi connectivity index (χ0n) is 12.8. The summed E-state index contributed by atoms with van der Waals surface area (Å²) in [6, 6.07) is 5.95. The number of hydrogen-bond acceptors (Lipinski definition) is 3. The standard InChI is InChI=1S/C16H21F3N2O2/c17-16(18,19)23-14-7-2-1-5-12(14)8-9-15(22)21-10-4-3-6-13(21)11-20/h1-2,5,7,13H,3-4,6,8-11,20H2. The Kier molecular flexibility index (Phi) is 5.87. The predicted octanol–water partition coefficient (Wildman–Crippen LogP) is 2.86. The van der Waals surface area contributed by atoms with E-state index in [1.807, 2.05) is 0 Å². The van der Waals surface area contributed by atoms with E-state index in [0.29, 0.717) is 18.7 Å². The number of aryl methyl sites for hydroxylation is 1. The molecule has 0 aliphatic carbocycles. The summed E-state index contributed by atoms with van der Waals surface area (Å²) in [5, 5.41) is 0. The van der Waals surface area contributed by atoms with Crippen LogP contribution in [-0.2, 0) is 11.2 Å². The Morgan fingerprint density at radius 3 is 2.74 bits per heavy atom. The van der Waals surface area contributed by atoms with Gasteiger partial charge in [0.25, 0.3) is 0 Å². The lowest BCUT2D eigenvalue weighted by Crippen LogP contribution is -2.47. The molecule has 128 valence electrons. The van der Waals surface area contributed by atoms with Crippen LogP contribution in [0.3, 0.4) is 0 Å². The van der Waals surface area contributed by atoms with Crippen LogP contribution >= 0.6 is 0 Å². The minimum atomic E-state index is -4.74. The lowest BCUT2D eigenvalue weighted by atomic mass is 10.0. The van der Waals surface area contributed by atoms with E-state index in [-0.39, 0.29) is 30.5 Å². The third kappa shape index (κ3) is 5.13. The van der Waals surface area contributed by atoms with Crippen molar-refractivity contribution in [3.63, 3.8) is 0 Å². The van der Waals surface area contributed by atoms with Crippen LogP contribution in [0.25, 0.3) is 0 Å². The van der Waals surface area contributed by atoms with Gasteiger partial charge >= 0.3 is 6.36 Å². The Morgan fingerprint density at radius 2 is 2.04 bits per heavy atom. The number of nitrogens with two attached hydrogens (primary N) is 1. The van der Waals surface area contributed by atoms with Crippen molar-refractivity contribution < 1.29 is 22.7 Å². The molecule has 1 atom stereocenters. The van der Waals surface area contributed by atoms with Gasteiger partial charge in [-0.1, -0.05) is 18.2 Å². The number of halogens is 3. The molecular formula is C16H21F3N2O2. The van der Waals surface area contributed by atoms with Crippen molar-refractivity contribution in [3.05, 3.63) is 29.8 Å². The van der Waals surface area contributed by atoms with Crippen molar-refractivity contribution in [1.29, 1.82) is 0 Å². The van der Waals surface area contributed by atoms with E-state index >= 15 is 0 Å². The fourth-order valence-corrected chi connectivity index (χ4v) is 2.89. The molecule has 0 bridgehead atoms. The number of benzene rings is 1. The van der Waals surface area contributed by atoms with Crippen LogP contribution in [0, 0.1) is 0 Å². The first kappa shape index (κ1) is 17.6.